The van der Waals surface area contributed by atoms with Gasteiger partial charge in [0.2, 0.25) is 5.82 Å². The molecule has 1 amide bonds. The summed E-state index contributed by atoms with van der Waals surface area (Å²) in [6.07, 6.45) is 0.540. The normalized spacial score (nSPS) is 12.4. The van der Waals surface area contributed by atoms with Crippen LogP contribution in [0, 0.1) is 0 Å². The average molecular weight is 242 g/mol. The van der Waals surface area contributed by atoms with Crippen molar-refractivity contribution in [1.29, 1.82) is 0 Å². The summed E-state index contributed by atoms with van der Waals surface area (Å²) < 4.78 is 10.1. The summed E-state index contributed by atoms with van der Waals surface area (Å²) >= 11 is 0. The quantitative estimate of drug-likeness (QED) is 0.688. The van der Waals surface area contributed by atoms with Crippen molar-refractivity contribution >= 4 is 5.91 Å². The van der Waals surface area contributed by atoms with Gasteiger partial charge in [-0.1, -0.05) is 6.92 Å². The van der Waals surface area contributed by atoms with Gasteiger partial charge in [-0.3, -0.25) is 9.89 Å². The SMILES string of the molecule is CCc1nc(C(=O)NCC(COC)OC)n[nH]1. The number of ether oxygens (including phenoxy) is 2. The molecule has 0 saturated carbocycles. The third-order valence-electron chi connectivity index (χ3n) is 2.25. The lowest BCUT2D eigenvalue weighted by molar-refractivity contribution is 0.0284. The molecule has 0 bridgehead atoms. The lowest BCUT2D eigenvalue weighted by Crippen LogP contribution is -2.36. The summed E-state index contributed by atoms with van der Waals surface area (Å²) in [6.45, 7) is 2.71. The molecular formula is C10H18N4O3. The Balaban J connectivity index is 2.43. The number of aryl methyl sites for hydroxylation is 1. The highest BCUT2D eigenvalue weighted by Gasteiger charge is 2.14. The van der Waals surface area contributed by atoms with Crippen LogP contribution in [-0.2, 0) is 15.9 Å². The number of aromatic nitrogens is 3. The number of amides is 1. The van der Waals surface area contributed by atoms with E-state index in [4.69, 9.17) is 9.47 Å². The van der Waals surface area contributed by atoms with Gasteiger partial charge in [0.05, 0.1) is 12.7 Å². The fourth-order valence-electron chi connectivity index (χ4n) is 1.24. The minimum absolute atomic E-state index is 0.147. The molecule has 0 aliphatic rings. The fourth-order valence-corrected chi connectivity index (χ4v) is 1.24. The van der Waals surface area contributed by atoms with Crippen LogP contribution in [0.25, 0.3) is 0 Å². The smallest absolute Gasteiger partial charge is 0.291 e. The molecule has 1 unspecified atom stereocenters. The Kier molecular flexibility index (Phi) is 5.58. The molecule has 2 N–H and O–H groups in total. The number of hydrogen-bond acceptors (Lipinski definition) is 5. The Morgan fingerprint density at radius 2 is 2.29 bits per heavy atom. The number of carbonyl (C=O) groups excluding carboxylic acids is 1. The van der Waals surface area contributed by atoms with Crippen LogP contribution in [0.4, 0.5) is 0 Å². The van der Waals surface area contributed by atoms with E-state index in [1.165, 1.54) is 0 Å². The Morgan fingerprint density at radius 1 is 1.53 bits per heavy atom. The second-order valence-electron chi connectivity index (χ2n) is 3.48. The van der Waals surface area contributed by atoms with E-state index in [2.05, 4.69) is 20.5 Å². The standard InChI is InChI=1S/C10H18N4O3/c1-4-8-12-9(14-13-8)10(15)11-5-7(17-3)6-16-2/h7H,4-6H2,1-3H3,(H,11,15)(H,12,13,14). The third-order valence-corrected chi connectivity index (χ3v) is 2.25. The Bertz CT molecular complexity index is 353. The van der Waals surface area contributed by atoms with Crippen LogP contribution in [-0.4, -0.2) is 54.6 Å². The maximum atomic E-state index is 11.6. The van der Waals surface area contributed by atoms with Crippen LogP contribution < -0.4 is 5.32 Å². The first-order valence-electron chi connectivity index (χ1n) is 5.42. The summed E-state index contributed by atoms with van der Waals surface area (Å²) in [6, 6.07) is 0. The lowest BCUT2D eigenvalue weighted by atomic mass is 10.3. The molecule has 1 rings (SSSR count). The van der Waals surface area contributed by atoms with Crippen molar-refractivity contribution in [1.82, 2.24) is 20.5 Å². The number of carbonyl (C=O) groups is 1. The average Bonchev–Trinajstić information content (AvgIpc) is 2.82. The molecule has 1 aromatic heterocycles. The van der Waals surface area contributed by atoms with Gasteiger partial charge in [-0.2, -0.15) is 0 Å². The molecule has 0 aromatic carbocycles. The second-order valence-corrected chi connectivity index (χ2v) is 3.48. The van der Waals surface area contributed by atoms with E-state index in [1.807, 2.05) is 6.92 Å². The maximum absolute atomic E-state index is 11.6. The van der Waals surface area contributed by atoms with Crippen LogP contribution in [0.3, 0.4) is 0 Å². The lowest BCUT2D eigenvalue weighted by Gasteiger charge is -2.14. The molecule has 0 saturated heterocycles. The molecule has 7 nitrogen and oxygen atoms in total. The van der Waals surface area contributed by atoms with Gasteiger partial charge in [0.25, 0.3) is 5.91 Å². The van der Waals surface area contributed by atoms with E-state index in [0.717, 1.165) is 0 Å². The Labute approximate surface area is 99.9 Å². The number of rotatable bonds is 7. The van der Waals surface area contributed by atoms with Crippen molar-refractivity contribution in [2.75, 3.05) is 27.4 Å². The van der Waals surface area contributed by atoms with Crippen molar-refractivity contribution in [3.63, 3.8) is 0 Å². The van der Waals surface area contributed by atoms with Gasteiger partial charge in [0, 0.05) is 27.2 Å². The molecule has 96 valence electrons. The van der Waals surface area contributed by atoms with Gasteiger partial charge in [0.1, 0.15) is 5.82 Å². The molecule has 0 aliphatic heterocycles. The first-order valence-corrected chi connectivity index (χ1v) is 5.42. The zero-order valence-corrected chi connectivity index (χ0v) is 10.3. The highest BCUT2D eigenvalue weighted by Crippen LogP contribution is 1.94. The molecule has 1 heterocycles. The van der Waals surface area contributed by atoms with E-state index < -0.39 is 0 Å². The number of nitrogens with one attached hydrogen (secondary N) is 2. The number of aromatic amines is 1. The fraction of sp³-hybridized carbons (Fsp3) is 0.700. The van der Waals surface area contributed by atoms with Crippen LogP contribution >= 0.6 is 0 Å². The molecule has 0 radical (unpaired) electrons. The van der Waals surface area contributed by atoms with E-state index in [0.29, 0.717) is 25.4 Å². The summed E-state index contributed by atoms with van der Waals surface area (Å²) in [5.74, 6) is 0.517. The summed E-state index contributed by atoms with van der Waals surface area (Å²) in [5.41, 5.74) is 0. The Hall–Kier alpha value is -1.47. The highest BCUT2D eigenvalue weighted by molar-refractivity contribution is 5.90. The zero-order chi connectivity index (χ0) is 12.7. The third kappa shape index (κ3) is 4.12. The first kappa shape index (κ1) is 13.6. The maximum Gasteiger partial charge on any atom is 0.291 e. The predicted molar refractivity (Wildman–Crippen MR) is 60.8 cm³/mol. The first-order chi connectivity index (χ1) is 8.21. The molecule has 0 spiro atoms. The summed E-state index contributed by atoms with van der Waals surface area (Å²) in [5, 5.41) is 9.18. The van der Waals surface area contributed by atoms with Crippen LogP contribution in [0.15, 0.2) is 0 Å². The van der Waals surface area contributed by atoms with Crippen molar-refractivity contribution in [3.8, 4) is 0 Å². The number of hydrogen-bond donors (Lipinski definition) is 2. The van der Waals surface area contributed by atoms with Gasteiger partial charge < -0.3 is 14.8 Å². The largest absolute Gasteiger partial charge is 0.382 e. The number of nitrogens with zero attached hydrogens (tertiary/aromatic N) is 2. The van der Waals surface area contributed by atoms with E-state index in [1.54, 1.807) is 14.2 Å². The second kappa shape index (κ2) is 6.97. The molecule has 0 fully saturated rings. The van der Waals surface area contributed by atoms with E-state index in [9.17, 15) is 4.79 Å². The van der Waals surface area contributed by atoms with Crippen LogP contribution in [0.5, 0.6) is 0 Å². The minimum Gasteiger partial charge on any atom is -0.382 e. The van der Waals surface area contributed by atoms with Gasteiger partial charge in [0.15, 0.2) is 0 Å². The topological polar surface area (TPSA) is 89.1 Å². The van der Waals surface area contributed by atoms with Crippen LogP contribution in [0.2, 0.25) is 0 Å². The number of H-pyrrole nitrogens is 1. The van der Waals surface area contributed by atoms with Gasteiger partial charge in [-0.05, 0) is 0 Å². The van der Waals surface area contributed by atoms with E-state index >= 15 is 0 Å². The van der Waals surface area contributed by atoms with E-state index in [-0.39, 0.29) is 17.8 Å². The summed E-state index contributed by atoms with van der Waals surface area (Å²) in [4.78, 5) is 15.7. The molecular weight excluding hydrogens is 224 g/mol. The molecule has 1 aromatic rings. The zero-order valence-electron chi connectivity index (χ0n) is 10.3. The van der Waals surface area contributed by atoms with Crippen molar-refractivity contribution in [2.45, 2.75) is 19.4 Å². The van der Waals surface area contributed by atoms with Crippen molar-refractivity contribution < 1.29 is 14.3 Å². The van der Waals surface area contributed by atoms with Crippen molar-refractivity contribution in [2.24, 2.45) is 0 Å². The van der Waals surface area contributed by atoms with Gasteiger partial charge in [-0.15, -0.1) is 5.10 Å². The molecule has 1 atom stereocenters. The molecule has 0 aliphatic carbocycles. The monoisotopic (exact) mass is 242 g/mol. The number of methoxy groups -OCH3 is 2. The molecule has 7 heteroatoms. The van der Waals surface area contributed by atoms with Gasteiger partial charge >= 0.3 is 0 Å². The predicted octanol–water partition coefficient (Wildman–Crippen LogP) is -0.242. The van der Waals surface area contributed by atoms with Gasteiger partial charge in [-0.25, -0.2) is 4.98 Å². The molecule has 17 heavy (non-hydrogen) atoms. The summed E-state index contributed by atoms with van der Waals surface area (Å²) in [7, 11) is 3.15. The highest BCUT2D eigenvalue weighted by atomic mass is 16.5. The van der Waals surface area contributed by atoms with Crippen LogP contribution in [0.1, 0.15) is 23.4 Å². The van der Waals surface area contributed by atoms with Crippen molar-refractivity contribution in [3.05, 3.63) is 11.6 Å². The minimum atomic E-state index is -0.320. The Morgan fingerprint density at radius 3 is 2.82 bits per heavy atom.